The first kappa shape index (κ1) is 19.4. The average molecular weight is 391 g/mol. The highest BCUT2D eigenvalue weighted by Gasteiger charge is 2.24. The number of aromatic nitrogens is 1. The molecule has 1 unspecified atom stereocenters. The lowest BCUT2D eigenvalue weighted by Crippen LogP contribution is -2.43. The van der Waals surface area contributed by atoms with E-state index in [1.807, 2.05) is 60.7 Å². The molecule has 1 aliphatic heterocycles. The number of hydrogen-bond acceptors (Lipinski definition) is 5. The first-order valence-corrected chi connectivity index (χ1v) is 9.89. The number of rotatable bonds is 6. The molecule has 1 atom stereocenters. The smallest absolute Gasteiger partial charge is 0.274 e. The van der Waals surface area contributed by atoms with Crippen molar-refractivity contribution in [3.63, 3.8) is 0 Å². The van der Waals surface area contributed by atoms with E-state index in [2.05, 4.69) is 15.2 Å². The molecule has 2 aromatic carbocycles. The van der Waals surface area contributed by atoms with Crippen LogP contribution in [0.25, 0.3) is 11.5 Å². The van der Waals surface area contributed by atoms with Crippen molar-refractivity contribution in [2.75, 3.05) is 32.8 Å². The van der Waals surface area contributed by atoms with Gasteiger partial charge in [-0.1, -0.05) is 48.5 Å². The number of aryl methyl sites for hydroxylation is 1. The van der Waals surface area contributed by atoms with Crippen LogP contribution in [0, 0.1) is 6.92 Å². The summed E-state index contributed by atoms with van der Waals surface area (Å²) in [5.74, 6) is 0.743. The summed E-state index contributed by atoms with van der Waals surface area (Å²) in [6.07, 6.45) is 0. The number of amides is 1. The quantitative estimate of drug-likeness (QED) is 0.697. The highest BCUT2D eigenvalue weighted by Crippen LogP contribution is 2.22. The van der Waals surface area contributed by atoms with Crippen LogP contribution >= 0.6 is 0 Å². The average Bonchev–Trinajstić information content (AvgIpc) is 3.17. The Morgan fingerprint density at radius 1 is 1.07 bits per heavy atom. The number of hydrogen-bond donors (Lipinski definition) is 1. The molecule has 1 saturated heterocycles. The van der Waals surface area contributed by atoms with Crippen LogP contribution in [0.4, 0.5) is 0 Å². The van der Waals surface area contributed by atoms with Gasteiger partial charge in [-0.15, -0.1) is 0 Å². The summed E-state index contributed by atoms with van der Waals surface area (Å²) in [4.78, 5) is 19.8. The van der Waals surface area contributed by atoms with E-state index in [4.69, 9.17) is 9.15 Å². The van der Waals surface area contributed by atoms with Gasteiger partial charge in [0.05, 0.1) is 19.3 Å². The second-order valence-corrected chi connectivity index (χ2v) is 7.14. The molecule has 1 aliphatic rings. The lowest BCUT2D eigenvalue weighted by molar-refractivity contribution is 0.0332. The molecule has 29 heavy (non-hydrogen) atoms. The van der Waals surface area contributed by atoms with E-state index in [0.717, 1.165) is 44.0 Å². The normalized spacial score (nSPS) is 15.8. The molecule has 3 aromatic rings. The molecule has 150 valence electrons. The first-order valence-electron chi connectivity index (χ1n) is 9.89. The number of nitrogens with zero attached hydrogens (tertiary/aromatic N) is 2. The number of benzene rings is 2. The molecule has 1 aromatic heterocycles. The fraction of sp³-hybridized carbons (Fsp3) is 0.304. The number of oxazole rings is 1. The Morgan fingerprint density at radius 2 is 1.72 bits per heavy atom. The summed E-state index contributed by atoms with van der Waals surface area (Å²) >= 11 is 0. The maximum absolute atomic E-state index is 13.1. The standard InChI is InChI=1S/C23H25N3O3/c1-17-21(25-23(29-17)19-10-6-3-7-11-19)22(27)24-20(18-8-4-2-5-9-18)16-26-12-14-28-15-13-26/h2-11,20H,12-16H2,1H3,(H,24,27). The third-order valence-corrected chi connectivity index (χ3v) is 5.08. The fourth-order valence-electron chi connectivity index (χ4n) is 3.50. The maximum Gasteiger partial charge on any atom is 0.274 e. The van der Waals surface area contributed by atoms with Crippen molar-refractivity contribution in [3.05, 3.63) is 77.7 Å². The van der Waals surface area contributed by atoms with E-state index in [0.29, 0.717) is 17.3 Å². The Kier molecular flexibility index (Phi) is 6.03. The summed E-state index contributed by atoms with van der Waals surface area (Å²) in [6, 6.07) is 19.5. The second kappa shape index (κ2) is 9.03. The van der Waals surface area contributed by atoms with Gasteiger partial charge >= 0.3 is 0 Å². The topological polar surface area (TPSA) is 67.6 Å². The largest absolute Gasteiger partial charge is 0.441 e. The number of ether oxygens (including phenoxy) is 1. The van der Waals surface area contributed by atoms with Gasteiger partial charge in [-0.25, -0.2) is 4.98 Å². The Bertz CT molecular complexity index is 935. The van der Waals surface area contributed by atoms with Gasteiger partial charge in [0.15, 0.2) is 5.69 Å². The highest BCUT2D eigenvalue weighted by atomic mass is 16.5. The van der Waals surface area contributed by atoms with Crippen molar-refractivity contribution in [1.82, 2.24) is 15.2 Å². The highest BCUT2D eigenvalue weighted by molar-refractivity contribution is 5.94. The second-order valence-electron chi connectivity index (χ2n) is 7.14. The van der Waals surface area contributed by atoms with Gasteiger partial charge < -0.3 is 14.5 Å². The van der Waals surface area contributed by atoms with Gasteiger partial charge in [-0.05, 0) is 24.6 Å². The van der Waals surface area contributed by atoms with Crippen LogP contribution in [-0.4, -0.2) is 48.6 Å². The molecule has 1 N–H and O–H groups in total. The van der Waals surface area contributed by atoms with E-state index < -0.39 is 0 Å². The molecule has 0 spiro atoms. The van der Waals surface area contributed by atoms with Gasteiger partial charge in [-0.3, -0.25) is 9.69 Å². The molecule has 6 heteroatoms. The van der Waals surface area contributed by atoms with Crippen LogP contribution in [0.3, 0.4) is 0 Å². The summed E-state index contributed by atoms with van der Waals surface area (Å²) in [6.45, 7) is 5.66. The number of morpholine rings is 1. The van der Waals surface area contributed by atoms with E-state index in [-0.39, 0.29) is 11.9 Å². The van der Waals surface area contributed by atoms with Crippen molar-refractivity contribution in [2.45, 2.75) is 13.0 Å². The molecule has 6 nitrogen and oxygen atoms in total. The zero-order valence-electron chi connectivity index (χ0n) is 16.5. The van der Waals surface area contributed by atoms with Crippen LogP contribution in [0.15, 0.2) is 65.1 Å². The number of nitrogens with one attached hydrogen (secondary N) is 1. The Labute approximate surface area is 170 Å². The van der Waals surface area contributed by atoms with E-state index in [9.17, 15) is 4.79 Å². The van der Waals surface area contributed by atoms with Crippen LogP contribution in [0.1, 0.15) is 27.9 Å². The molecular formula is C23H25N3O3. The molecule has 0 bridgehead atoms. The molecular weight excluding hydrogens is 366 g/mol. The van der Waals surface area contributed by atoms with Crippen LogP contribution in [-0.2, 0) is 4.74 Å². The molecule has 1 fully saturated rings. The molecule has 1 amide bonds. The first-order chi connectivity index (χ1) is 14.2. The zero-order chi connectivity index (χ0) is 20.1. The van der Waals surface area contributed by atoms with E-state index in [1.165, 1.54) is 0 Å². The van der Waals surface area contributed by atoms with Gasteiger partial charge in [0.25, 0.3) is 5.91 Å². The minimum absolute atomic E-state index is 0.141. The predicted octanol–water partition coefficient (Wildman–Crippen LogP) is 3.45. The summed E-state index contributed by atoms with van der Waals surface area (Å²) in [5.41, 5.74) is 2.24. The minimum atomic E-state index is -0.226. The van der Waals surface area contributed by atoms with Crippen LogP contribution in [0.2, 0.25) is 0 Å². The molecule has 4 rings (SSSR count). The molecule has 0 radical (unpaired) electrons. The summed E-state index contributed by atoms with van der Waals surface area (Å²) in [5, 5.41) is 3.16. The third kappa shape index (κ3) is 4.72. The lowest BCUT2D eigenvalue weighted by Gasteiger charge is -2.31. The Balaban J connectivity index is 1.54. The van der Waals surface area contributed by atoms with Crippen molar-refractivity contribution >= 4 is 5.91 Å². The SMILES string of the molecule is Cc1oc(-c2ccccc2)nc1C(=O)NC(CN1CCOCC1)c1ccccc1. The zero-order valence-corrected chi connectivity index (χ0v) is 16.5. The minimum Gasteiger partial charge on any atom is -0.441 e. The lowest BCUT2D eigenvalue weighted by atomic mass is 10.1. The number of carbonyl (C=O) groups excluding carboxylic acids is 1. The summed E-state index contributed by atoms with van der Waals surface area (Å²) in [7, 11) is 0. The Morgan fingerprint density at radius 3 is 2.41 bits per heavy atom. The van der Waals surface area contributed by atoms with Gasteiger partial charge in [-0.2, -0.15) is 0 Å². The van der Waals surface area contributed by atoms with Crippen molar-refractivity contribution in [3.8, 4) is 11.5 Å². The molecule has 2 heterocycles. The van der Waals surface area contributed by atoms with Crippen molar-refractivity contribution < 1.29 is 13.9 Å². The van der Waals surface area contributed by atoms with Gasteiger partial charge in [0.2, 0.25) is 5.89 Å². The third-order valence-electron chi connectivity index (χ3n) is 5.08. The van der Waals surface area contributed by atoms with E-state index >= 15 is 0 Å². The monoisotopic (exact) mass is 391 g/mol. The molecule has 0 aliphatic carbocycles. The summed E-state index contributed by atoms with van der Waals surface area (Å²) < 4.78 is 11.2. The van der Waals surface area contributed by atoms with Gasteiger partial charge in [0.1, 0.15) is 5.76 Å². The Hall–Kier alpha value is -2.96. The maximum atomic E-state index is 13.1. The van der Waals surface area contributed by atoms with Crippen molar-refractivity contribution in [2.24, 2.45) is 0 Å². The molecule has 0 saturated carbocycles. The van der Waals surface area contributed by atoms with Crippen LogP contribution in [0.5, 0.6) is 0 Å². The van der Waals surface area contributed by atoms with E-state index in [1.54, 1.807) is 6.92 Å². The van der Waals surface area contributed by atoms with Crippen LogP contribution < -0.4 is 5.32 Å². The number of carbonyl (C=O) groups is 1. The van der Waals surface area contributed by atoms with Gasteiger partial charge in [0, 0.05) is 25.2 Å². The van der Waals surface area contributed by atoms with Crippen molar-refractivity contribution in [1.29, 1.82) is 0 Å². The predicted molar refractivity (Wildman–Crippen MR) is 111 cm³/mol. The fourth-order valence-corrected chi connectivity index (χ4v) is 3.50.